The number of rotatable bonds is 5. The molecule has 5 nitrogen and oxygen atoms in total. The molecule has 0 bridgehead atoms. The van der Waals surface area contributed by atoms with Gasteiger partial charge in [-0.3, -0.25) is 4.90 Å². The fraction of sp³-hybridized carbons (Fsp3) is 0.667. The Morgan fingerprint density at radius 1 is 1.30 bits per heavy atom. The van der Waals surface area contributed by atoms with Crippen molar-refractivity contribution >= 4 is 6.03 Å². The second-order valence-corrected chi connectivity index (χ2v) is 5.93. The summed E-state index contributed by atoms with van der Waals surface area (Å²) in [7, 11) is 0. The van der Waals surface area contributed by atoms with Gasteiger partial charge >= 0.3 is 6.03 Å². The minimum absolute atomic E-state index is 0.00511. The molecule has 1 aliphatic heterocycles. The third-order valence-corrected chi connectivity index (χ3v) is 4.13. The summed E-state index contributed by atoms with van der Waals surface area (Å²) >= 11 is 0. The molecule has 2 heterocycles. The van der Waals surface area contributed by atoms with Crippen LogP contribution >= 0.6 is 0 Å². The lowest BCUT2D eigenvalue weighted by Crippen LogP contribution is -2.42. The number of hydrogen-bond donors (Lipinski definition) is 2. The Kier molecular flexibility index (Phi) is 4.25. The molecule has 1 aliphatic carbocycles. The van der Waals surface area contributed by atoms with Crippen LogP contribution in [0, 0.1) is 5.92 Å². The van der Waals surface area contributed by atoms with Crippen LogP contribution in [0.15, 0.2) is 22.8 Å². The molecule has 3 rings (SSSR count). The molecule has 0 spiro atoms. The van der Waals surface area contributed by atoms with E-state index < -0.39 is 0 Å². The number of carbonyl (C=O) groups excluding carboxylic acids is 1. The van der Waals surface area contributed by atoms with Gasteiger partial charge in [0.2, 0.25) is 0 Å². The molecular weight excluding hydrogens is 254 g/mol. The predicted molar refractivity (Wildman–Crippen MR) is 76.3 cm³/mol. The van der Waals surface area contributed by atoms with E-state index in [0.717, 1.165) is 57.6 Å². The second kappa shape index (κ2) is 6.31. The fourth-order valence-electron chi connectivity index (χ4n) is 2.67. The lowest BCUT2D eigenvalue weighted by Gasteiger charge is -2.31. The van der Waals surface area contributed by atoms with Gasteiger partial charge in [-0.05, 0) is 56.8 Å². The Labute approximate surface area is 119 Å². The maximum atomic E-state index is 11.6. The molecule has 1 saturated carbocycles. The van der Waals surface area contributed by atoms with Crippen LogP contribution in [0.2, 0.25) is 0 Å². The molecule has 1 saturated heterocycles. The normalized spacial score (nSPS) is 20.8. The molecule has 2 fully saturated rings. The molecule has 1 aromatic heterocycles. The zero-order valence-corrected chi connectivity index (χ0v) is 11.8. The summed E-state index contributed by atoms with van der Waals surface area (Å²) < 4.78 is 5.38. The number of nitrogens with one attached hydrogen (secondary N) is 2. The molecule has 2 amide bonds. The van der Waals surface area contributed by atoms with E-state index in [-0.39, 0.29) is 6.03 Å². The Hall–Kier alpha value is -1.49. The van der Waals surface area contributed by atoms with Gasteiger partial charge in [0, 0.05) is 12.6 Å². The average molecular weight is 277 g/mol. The number of amides is 2. The standard InChI is InChI=1S/C15H23N3O2/c19-15(17-13-3-4-13)16-10-12-5-7-18(8-6-12)11-14-2-1-9-20-14/h1-2,9,12-13H,3-8,10-11H2,(H2,16,17,19). The number of carbonyl (C=O) groups is 1. The first kappa shape index (κ1) is 13.5. The highest BCUT2D eigenvalue weighted by molar-refractivity contribution is 5.74. The van der Waals surface area contributed by atoms with Crippen molar-refractivity contribution in [3.63, 3.8) is 0 Å². The molecule has 2 aliphatic rings. The van der Waals surface area contributed by atoms with Gasteiger partial charge in [0.05, 0.1) is 12.8 Å². The molecule has 5 heteroatoms. The van der Waals surface area contributed by atoms with Gasteiger partial charge in [0.15, 0.2) is 0 Å². The monoisotopic (exact) mass is 277 g/mol. The van der Waals surface area contributed by atoms with Gasteiger partial charge in [0.25, 0.3) is 0 Å². The molecule has 0 radical (unpaired) electrons. The molecular formula is C15H23N3O2. The van der Waals surface area contributed by atoms with Crippen molar-refractivity contribution in [3.05, 3.63) is 24.2 Å². The molecule has 110 valence electrons. The van der Waals surface area contributed by atoms with Gasteiger partial charge in [-0.2, -0.15) is 0 Å². The number of hydrogen-bond acceptors (Lipinski definition) is 3. The minimum Gasteiger partial charge on any atom is -0.468 e. The summed E-state index contributed by atoms with van der Waals surface area (Å²) in [6.45, 7) is 3.86. The Balaban J connectivity index is 1.32. The first-order chi connectivity index (χ1) is 9.79. The molecule has 0 aromatic carbocycles. The van der Waals surface area contributed by atoms with Crippen LogP contribution in [-0.4, -0.2) is 36.6 Å². The zero-order chi connectivity index (χ0) is 13.8. The van der Waals surface area contributed by atoms with Crippen LogP contribution in [0.4, 0.5) is 4.79 Å². The van der Waals surface area contributed by atoms with E-state index in [1.165, 1.54) is 0 Å². The van der Waals surface area contributed by atoms with E-state index >= 15 is 0 Å². The molecule has 1 aromatic rings. The quantitative estimate of drug-likeness (QED) is 0.865. The molecule has 0 atom stereocenters. The first-order valence-corrected chi connectivity index (χ1v) is 7.58. The largest absolute Gasteiger partial charge is 0.468 e. The molecule has 2 N–H and O–H groups in total. The maximum absolute atomic E-state index is 11.6. The smallest absolute Gasteiger partial charge is 0.315 e. The highest BCUT2D eigenvalue weighted by Crippen LogP contribution is 2.19. The Morgan fingerprint density at radius 3 is 2.75 bits per heavy atom. The van der Waals surface area contributed by atoms with Crippen LogP contribution < -0.4 is 10.6 Å². The topological polar surface area (TPSA) is 57.5 Å². The van der Waals surface area contributed by atoms with E-state index in [0.29, 0.717) is 12.0 Å². The van der Waals surface area contributed by atoms with E-state index in [9.17, 15) is 4.79 Å². The van der Waals surface area contributed by atoms with Gasteiger partial charge in [-0.1, -0.05) is 0 Å². The third kappa shape index (κ3) is 4.00. The van der Waals surface area contributed by atoms with Gasteiger partial charge < -0.3 is 15.1 Å². The number of nitrogens with zero attached hydrogens (tertiary/aromatic N) is 1. The summed E-state index contributed by atoms with van der Waals surface area (Å²) in [5.74, 6) is 1.64. The summed E-state index contributed by atoms with van der Waals surface area (Å²) in [5, 5.41) is 5.96. The Morgan fingerprint density at radius 2 is 2.10 bits per heavy atom. The van der Waals surface area contributed by atoms with Crippen LogP contribution in [0.5, 0.6) is 0 Å². The van der Waals surface area contributed by atoms with Crippen molar-refractivity contribution in [2.45, 2.75) is 38.3 Å². The first-order valence-electron chi connectivity index (χ1n) is 7.58. The number of likely N-dealkylation sites (tertiary alicyclic amines) is 1. The van der Waals surface area contributed by atoms with Crippen LogP contribution in [0.1, 0.15) is 31.4 Å². The van der Waals surface area contributed by atoms with Gasteiger partial charge in [0.1, 0.15) is 5.76 Å². The molecule has 20 heavy (non-hydrogen) atoms. The van der Waals surface area contributed by atoms with Crippen molar-refractivity contribution in [2.24, 2.45) is 5.92 Å². The van der Waals surface area contributed by atoms with E-state index in [1.54, 1.807) is 6.26 Å². The zero-order valence-electron chi connectivity index (χ0n) is 11.8. The predicted octanol–water partition coefficient (Wildman–Crippen LogP) is 1.95. The van der Waals surface area contributed by atoms with Crippen LogP contribution in [0.25, 0.3) is 0 Å². The number of furan rings is 1. The third-order valence-electron chi connectivity index (χ3n) is 4.13. The SMILES string of the molecule is O=C(NCC1CCN(Cc2ccco2)CC1)NC1CC1. The maximum Gasteiger partial charge on any atom is 0.315 e. The van der Waals surface area contributed by atoms with Crippen molar-refractivity contribution in [2.75, 3.05) is 19.6 Å². The molecule has 0 unspecified atom stereocenters. The lowest BCUT2D eigenvalue weighted by atomic mass is 9.97. The van der Waals surface area contributed by atoms with Crippen LogP contribution in [0.3, 0.4) is 0 Å². The van der Waals surface area contributed by atoms with Crippen LogP contribution in [-0.2, 0) is 6.54 Å². The summed E-state index contributed by atoms with van der Waals surface area (Å²) in [4.78, 5) is 14.0. The number of piperidine rings is 1. The van der Waals surface area contributed by atoms with Gasteiger partial charge in [-0.15, -0.1) is 0 Å². The summed E-state index contributed by atoms with van der Waals surface area (Å²) in [5.41, 5.74) is 0. The minimum atomic E-state index is 0.00511. The van der Waals surface area contributed by atoms with Crippen molar-refractivity contribution in [1.82, 2.24) is 15.5 Å². The highest BCUT2D eigenvalue weighted by atomic mass is 16.3. The summed E-state index contributed by atoms with van der Waals surface area (Å²) in [6, 6.07) is 4.40. The highest BCUT2D eigenvalue weighted by Gasteiger charge is 2.24. The van der Waals surface area contributed by atoms with E-state index in [4.69, 9.17) is 4.42 Å². The fourth-order valence-corrected chi connectivity index (χ4v) is 2.67. The van der Waals surface area contributed by atoms with Crippen molar-refractivity contribution in [3.8, 4) is 0 Å². The second-order valence-electron chi connectivity index (χ2n) is 5.93. The Bertz CT molecular complexity index is 420. The number of urea groups is 1. The van der Waals surface area contributed by atoms with E-state index in [1.807, 2.05) is 12.1 Å². The van der Waals surface area contributed by atoms with Gasteiger partial charge in [-0.25, -0.2) is 4.79 Å². The van der Waals surface area contributed by atoms with Crippen molar-refractivity contribution < 1.29 is 9.21 Å². The summed E-state index contributed by atoms with van der Waals surface area (Å²) in [6.07, 6.45) is 6.29. The lowest BCUT2D eigenvalue weighted by molar-refractivity contribution is 0.165. The van der Waals surface area contributed by atoms with Crippen molar-refractivity contribution in [1.29, 1.82) is 0 Å². The van der Waals surface area contributed by atoms with E-state index in [2.05, 4.69) is 15.5 Å². The average Bonchev–Trinajstić information content (AvgIpc) is 3.12.